The van der Waals surface area contributed by atoms with Gasteiger partial charge in [-0.3, -0.25) is 0 Å². The van der Waals surface area contributed by atoms with Crippen LogP contribution in [0.1, 0.15) is 18.1 Å². The van der Waals surface area contributed by atoms with E-state index in [2.05, 4.69) is 22.3 Å². The van der Waals surface area contributed by atoms with E-state index in [1.165, 1.54) is 5.56 Å². The molecule has 0 radical (unpaired) electrons. The molecule has 0 unspecified atom stereocenters. The van der Waals surface area contributed by atoms with Crippen molar-refractivity contribution in [3.05, 3.63) is 65.5 Å². The second-order valence-corrected chi connectivity index (χ2v) is 4.94. The largest absolute Gasteiger partial charge is 0.370 e. The summed E-state index contributed by atoms with van der Waals surface area (Å²) in [5, 5.41) is 3.22. The number of benzene rings is 2. The molecule has 0 fully saturated rings. The Balaban J connectivity index is 2.12. The van der Waals surface area contributed by atoms with Gasteiger partial charge in [0.15, 0.2) is 0 Å². The lowest BCUT2D eigenvalue weighted by Gasteiger charge is -2.20. The van der Waals surface area contributed by atoms with Crippen LogP contribution in [0.15, 0.2) is 48.5 Å². The highest BCUT2D eigenvalue weighted by atomic mass is 19.1. The summed E-state index contributed by atoms with van der Waals surface area (Å²) in [5.74, 6) is -0.185. The fourth-order valence-electron chi connectivity index (χ4n) is 2.17. The third-order valence-corrected chi connectivity index (χ3v) is 3.22. The summed E-state index contributed by atoms with van der Waals surface area (Å²) in [5.41, 5.74) is 3.09. The molecular weight excluding hydrogens is 251 g/mol. The van der Waals surface area contributed by atoms with E-state index in [0.29, 0.717) is 6.54 Å². The van der Waals surface area contributed by atoms with Crippen LogP contribution in [0.25, 0.3) is 0 Å². The highest BCUT2D eigenvalue weighted by Gasteiger charge is 2.06. The molecule has 0 aliphatic rings. The Kier molecular flexibility index (Phi) is 5.13. The second-order valence-electron chi connectivity index (χ2n) is 4.94. The van der Waals surface area contributed by atoms with Crippen LogP contribution < -0.4 is 10.2 Å². The Morgan fingerprint density at radius 2 is 1.80 bits per heavy atom. The molecule has 3 heteroatoms. The summed E-state index contributed by atoms with van der Waals surface area (Å²) >= 11 is 0. The summed E-state index contributed by atoms with van der Waals surface area (Å²) in [7, 11) is 1.98. The maximum Gasteiger partial charge on any atom is 0.125 e. The molecule has 0 atom stereocenters. The highest BCUT2D eigenvalue weighted by molar-refractivity contribution is 5.49. The van der Waals surface area contributed by atoms with Crippen molar-refractivity contribution >= 4 is 5.69 Å². The van der Waals surface area contributed by atoms with Crippen LogP contribution in [0, 0.1) is 5.82 Å². The Morgan fingerprint density at radius 3 is 2.50 bits per heavy atom. The zero-order valence-electron chi connectivity index (χ0n) is 12.1. The number of nitrogens with zero attached hydrogens (tertiary/aromatic N) is 1. The standard InChI is InChI=1S/C17H21FN2/c1-3-19-12-15-9-16(18)11-17(10-15)20(2)13-14-7-5-4-6-8-14/h4-11,19H,3,12-13H2,1-2H3. The minimum absolute atomic E-state index is 0.185. The van der Waals surface area contributed by atoms with E-state index in [0.717, 1.165) is 24.3 Å². The van der Waals surface area contributed by atoms with Crippen LogP contribution in [-0.2, 0) is 13.1 Å². The van der Waals surface area contributed by atoms with Gasteiger partial charge in [0.1, 0.15) is 5.82 Å². The van der Waals surface area contributed by atoms with Crippen molar-refractivity contribution in [1.82, 2.24) is 5.32 Å². The van der Waals surface area contributed by atoms with E-state index >= 15 is 0 Å². The Labute approximate surface area is 120 Å². The molecule has 0 bridgehead atoms. The van der Waals surface area contributed by atoms with Gasteiger partial charge in [0.25, 0.3) is 0 Å². The van der Waals surface area contributed by atoms with Crippen molar-refractivity contribution < 1.29 is 4.39 Å². The molecule has 2 aromatic carbocycles. The average Bonchev–Trinajstić information content (AvgIpc) is 2.45. The maximum atomic E-state index is 13.7. The number of anilines is 1. The van der Waals surface area contributed by atoms with Gasteiger partial charge in [0, 0.05) is 25.8 Å². The lowest BCUT2D eigenvalue weighted by molar-refractivity contribution is 0.621. The monoisotopic (exact) mass is 272 g/mol. The van der Waals surface area contributed by atoms with Crippen LogP contribution in [-0.4, -0.2) is 13.6 Å². The first-order valence-corrected chi connectivity index (χ1v) is 6.94. The van der Waals surface area contributed by atoms with Gasteiger partial charge in [-0.2, -0.15) is 0 Å². The van der Waals surface area contributed by atoms with Gasteiger partial charge in [-0.05, 0) is 35.9 Å². The summed E-state index contributed by atoms with van der Waals surface area (Å²) in [6, 6.07) is 15.4. The minimum atomic E-state index is -0.185. The third kappa shape index (κ3) is 4.07. The molecule has 2 aromatic rings. The first-order valence-electron chi connectivity index (χ1n) is 6.94. The number of nitrogens with one attached hydrogen (secondary N) is 1. The van der Waals surface area contributed by atoms with Gasteiger partial charge in [0.2, 0.25) is 0 Å². The number of hydrogen-bond acceptors (Lipinski definition) is 2. The SMILES string of the molecule is CCNCc1cc(F)cc(N(C)Cc2ccccc2)c1. The topological polar surface area (TPSA) is 15.3 Å². The molecule has 2 nitrogen and oxygen atoms in total. The first kappa shape index (κ1) is 14.5. The average molecular weight is 272 g/mol. The van der Waals surface area contributed by atoms with E-state index in [4.69, 9.17) is 0 Å². The quantitative estimate of drug-likeness (QED) is 0.865. The molecular formula is C17H21FN2. The van der Waals surface area contributed by atoms with E-state index in [-0.39, 0.29) is 5.82 Å². The molecule has 0 aliphatic carbocycles. The molecule has 0 aliphatic heterocycles. The highest BCUT2D eigenvalue weighted by Crippen LogP contribution is 2.19. The molecule has 0 aromatic heterocycles. The van der Waals surface area contributed by atoms with Crippen LogP contribution in [0.5, 0.6) is 0 Å². The molecule has 0 heterocycles. The molecule has 106 valence electrons. The summed E-state index contributed by atoms with van der Waals surface area (Å²) in [4.78, 5) is 2.06. The lowest BCUT2D eigenvalue weighted by Crippen LogP contribution is -2.18. The summed E-state index contributed by atoms with van der Waals surface area (Å²) < 4.78 is 13.7. The van der Waals surface area contributed by atoms with Crippen molar-refractivity contribution in [1.29, 1.82) is 0 Å². The molecule has 0 saturated heterocycles. The van der Waals surface area contributed by atoms with Crippen LogP contribution in [0.4, 0.5) is 10.1 Å². The Morgan fingerprint density at radius 1 is 1.05 bits per heavy atom. The molecule has 0 saturated carbocycles. The van der Waals surface area contributed by atoms with Crippen LogP contribution in [0.2, 0.25) is 0 Å². The van der Waals surface area contributed by atoms with Crippen molar-refractivity contribution in [2.45, 2.75) is 20.0 Å². The van der Waals surface area contributed by atoms with Gasteiger partial charge >= 0.3 is 0 Å². The Hall–Kier alpha value is -1.87. The van der Waals surface area contributed by atoms with E-state index < -0.39 is 0 Å². The smallest absolute Gasteiger partial charge is 0.125 e. The van der Waals surface area contributed by atoms with E-state index in [9.17, 15) is 4.39 Å². The summed E-state index contributed by atoms with van der Waals surface area (Å²) in [6.07, 6.45) is 0. The first-order chi connectivity index (χ1) is 9.69. The fourth-order valence-corrected chi connectivity index (χ4v) is 2.17. The fraction of sp³-hybridized carbons (Fsp3) is 0.294. The number of hydrogen-bond donors (Lipinski definition) is 1. The molecule has 2 rings (SSSR count). The number of rotatable bonds is 6. The normalized spacial score (nSPS) is 10.6. The predicted octanol–water partition coefficient (Wildman–Crippen LogP) is 3.57. The second kappa shape index (κ2) is 7.06. The van der Waals surface area contributed by atoms with Gasteiger partial charge < -0.3 is 10.2 Å². The third-order valence-electron chi connectivity index (χ3n) is 3.22. The molecule has 0 amide bonds. The molecule has 20 heavy (non-hydrogen) atoms. The van der Waals surface area contributed by atoms with Crippen LogP contribution in [0.3, 0.4) is 0 Å². The summed E-state index contributed by atoms with van der Waals surface area (Å²) in [6.45, 7) is 4.39. The van der Waals surface area contributed by atoms with Gasteiger partial charge in [-0.1, -0.05) is 37.3 Å². The zero-order valence-corrected chi connectivity index (χ0v) is 12.1. The molecule has 1 N–H and O–H groups in total. The number of halogens is 1. The lowest BCUT2D eigenvalue weighted by atomic mass is 10.1. The zero-order chi connectivity index (χ0) is 14.4. The van der Waals surface area contributed by atoms with E-state index in [1.54, 1.807) is 12.1 Å². The van der Waals surface area contributed by atoms with Gasteiger partial charge in [-0.25, -0.2) is 4.39 Å². The van der Waals surface area contributed by atoms with Crippen molar-refractivity contribution in [2.75, 3.05) is 18.5 Å². The molecule has 0 spiro atoms. The van der Waals surface area contributed by atoms with Gasteiger partial charge in [0.05, 0.1) is 0 Å². The van der Waals surface area contributed by atoms with E-state index in [1.807, 2.05) is 38.2 Å². The van der Waals surface area contributed by atoms with Crippen molar-refractivity contribution in [3.63, 3.8) is 0 Å². The Bertz CT molecular complexity index is 540. The minimum Gasteiger partial charge on any atom is -0.370 e. The van der Waals surface area contributed by atoms with Crippen molar-refractivity contribution in [2.24, 2.45) is 0 Å². The van der Waals surface area contributed by atoms with Gasteiger partial charge in [-0.15, -0.1) is 0 Å². The van der Waals surface area contributed by atoms with Crippen LogP contribution >= 0.6 is 0 Å². The predicted molar refractivity (Wildman–Crippen MR) is 82.3 cm³/mol. The maximum absolute atomic E-state index is 13.7. The van der Waals surface area contributed by atoms with Crippen molar-refractivity contribution in [3.8, 4) is 0 Å².